The predicted octanol–water partition coefficient (Wildman–Crippen LogP) is 3.89. The molecule has 4 heteroatoms. The first-order valence-corrected chi connectivity index (χ1v) is 7.03. The number of benzene rings is 2. The van der Waals surface area contributed by atoms with Crippen molar-refractivity contribution >= 4 is 29.4 Å². The van der Waals surface area contributed by atoms with Gasteiger partial charge < -0.3 is 4.84 Å². The van der Waals surface area contributed by atoms with Gasteiger partial charge in [0.15, 0.2) is 0 Å². The molecule has 0 N–H and O–H groups in total. The van der Waals surface area contributed by atoms with Crippen molar-refractivity contribution in [3.8, 4) is 11.1 Å². The molecule has 0 amide bonds. The molecule has 0 spiro atoms. The lowest BCUT2D eigenvalue weighted by Gasteiger charge is -2.02. The van der Waals surface area contributed by atoms with Crippen molar-refractivity contribution in [1.82, 2.24) is 0 Å². The Morgan fingerprint density at radius 3 is 2.33 bits per heavy atom. The Morgan fingerprint density at radius 1 is 1.00 bits per heavy atom. The average molecular weight is 298 g/mol. The molecule has 1 aliphatic rings. The van der Waals surface area contributed by atoms with E-state index in [1.807, 2.05) is 42.5 Å². The van der Waals surface area contributed by atoms with Crippen LogP contribution in [0.15, 0.2) is 65.3 Å². The summed E-state index contributed by atoms with van der Waals surface area (Å²) in [4.78, 5) is 16.2. The fourth-order valence-electron chi connectivity index (χ4n) is 2.12. The largest absolute Gasteiger partial charge is 0.367 e. The minimum absolute atomic E-state index is 0.152. The van der Waals surface area contributed by atoms with E-state index in [9.17, 15) is 4.79 Å². The van der Waals surface area contributed by atoms with E-state index in [1.54, 1.807) is 6.08 Å². The number of rotatable bonds is 3. The topological polar surface area (TPSA) is 38.7 Å². The molecule has 3 rings (SSSR count). The Labute approximate surface area is 127 Å². The molecule has 1 heterocycles. The van der Waals surface area contributed by atoms with Crippen molar-refractivity contribution in [3.63, 3.8) is 0 Å². The standard InChI is InChI=1S/C17H12ClNO2/c18-11-16-15(17(20)21-19-16)10-12-6-8-14(9-7-12)13-4-2-1-3-5-13/h1-10H,11H2/b15-10+. The number of alkyl halides is 1. The highest BCUT2D eigenvalue weighted by Gasteiger charge is 2.24. The number of halogens is 1. The van der Waals surface area contributed by atoms with Gasteiger partial charge in [-0.15, -0.1) is 11.6 Å². The van der Waals surface area contributed by atoms with Crippen LogP contribution in [0.4, 0.5) is 0 Å². The summed E-state index contributed by atoms with van der Waals surface area (Å²) in [7, 11) is 0. The zero-order valence-electron chi connectivity index (χ0n) is 11.1. The summed E-state index contributed by atoms with van der Waals surface area (Å²) in [5.41, 5.74) is 4.06. The highest BCUT2D eigenvalue weighted by atomic mass is 35.5. The number of oxime groups is 1. The van der Waals surface area contributed by atoms with E-state index in [0.29, 0.717) is 11.3 Å². The summed E-state index contributed by atoms with van der Waals surface area (Å²) in [5.74, 6) is -0.308. The first-order valence-electron chi connectivity index (χ1n) is 6.49. The molecule has 0 aromatic heterocycles. The Balaban J connectivity index is 1.88. The third-order valence-electron chi connectivity index (χ3n) is 3.22. The second-order valence-corrected chi connectivity index (χ2v) is 4.86. The molecule has 0 aliphatic carbocycles. The molecule has 0 radical (unpaired) electrons. The number of nitrogens with zero attached hydrogens (tertiary/aromatic N) is 1. The monoisotopic (exact) mass is 297 g/mol. The van der Waals surface area contributed by atoms with E-state index in [-0.39, 0.29) is 5.88 Å². The van der Waals surface area contributed by atoms with E-state index in [1.165, 1.54) is 0 Å². The van der Waals surface area contributed by atoms with Crippen molar-refractivity contribution in [1.29, 1.82) is 0 Å². The van der Waals surface area contributed by atoms with Crippen molar-refractivity contribution in [2.75, 3.05) is 5.88 Å². The number of hydrogen-bond donors (Lipinski definition) is 0. The van der Waals surface area contributed by atoms with Gasteiger partial charge in [0.1, 0.15) is 5.71 Å². The summed E-state index contributed by atoms with van der Waals surface area (Å²) >= 11 is 5.74. The van der Waals surface area contributed by atoms with Gasteiger partial charge in [-0.1, -0.05) is 59.8 Å². The van der Waals surface area contributed by atoms with E-state index in [2.05, 4.69) is 22.1 Å². The molecule has 0 atom stereocenters. The van der Waals surface area contributed by atoms with Crippen molar-refractivity contribution < 1.29 is 9.63 Å². The Kier molecular flexibility index (Phi) is 3.84. The average Bonchev–Trinajstić information content (AvgIpc) is 2.89. The third-order valence-corrected chi connectivity index (χ3v) is 3.48. The van der Waals surface area contributed by atoms with Crippen LogP contribution < -0.4 is 0 Å². The second kappa shape index (κ2) is 5.94. The first kappa shape index (κ1) is 13.6. The van der Waals surface area contributed by atoms with Gasteiger partial charge in [0.2, 0.25) is 0 Å². The lowest BCUT2D eigenvalue weighted by Crippen LogP contribution is -2.06. The maximum Gasteiger partial charge on any atom is 0.367 e. The molecule has 21 heavy (non-hydrogen) atoms. The van der Waals surface area contributed by atoms with E-state index in [4.69, 9.17) is 11.6 Å². The molecule has 2 aromatic rings. The van der Waals surface area contributed by atoms with Gasteiger partial charge in [-0.25, -0.2) is 4.79 Å². The van der Waals surface area contributed by atoms with Crippen LogP contribution in [0.1, 0.15) is 5.56 Å². The van der Waals surface area contributed by atoms with Gasteiger partial charge in [-0.2, -0.15) is 0 Å². The van der Waals surface area contributed by atoms with E-state index < -0.39 is 5.97 Å². The minimum atomic E-state index is -0.460. The maximum atomic E-state index is 11.6. The molecule has 0 saturated carbocycles. The van der Waals surface area contributed by atoms with Crippen molar-refractivity contribution in [2.24, 2.45) is 5.16 Å². The SMILES string of the molecule is O=C1ON=C(CCl)/C1=C\c1ccc(-c2ccccc2)cc1. The van der Waals surface area contributed by atoms with E-state index >= 15 is 0 Å². The molecule has 0 fully saturated rings. The van der Waals surface area contributed by atoms with Crippen LogP contribution in [0, 0.1) is 0 Å². The van der Waals surface area contributed by atoms with Crippen LogP contribution in [-0.2, 0) is 9.63 Å². The summed E-state index contributed by atoms with van der Waals surface area (Å²) in [5, 5.41) is 3.64. The van der Waals surface area contributed by atoms with Crippen molar-refractivity contribution in [2.45, 2.75) is 0 Å². The van der Waals surface area contributed by atoms with Gasteiger partial charge in [0.05, 0.1) is 11.5 Å². The van der Waals surface area contributed by atoms with Crippen LogP contribution >= 0.6 is 11.6 Å². The molecular weight excluding hydrogens is 286 g/mol. The summed E-state index contributed by atoms with van der Waals surface area (Å²) in [6, 6.07) is 18.0. The van der Waals surface area contributed by atoms with Crippen LogP contribution in [0.5, 0.6) is 0 Å². The molecule has 0 unspecified atom stereocenters. The van der Waals surface area contributed by atoms with Crippen molar-refractivity contribution in [3.05, 3.63) is 65.7 Å². The summed E-state index contributed by atoms with van der Waals surface area (Å²) in [6.07, 6.45) is 1.74. The first-order chi connectivity index (χ1) is 10.3. The summed E-state index contributed by atoms with van der Waals surface area (Å²) in [6.45, 7) is 0. The third kappa shape index (κ3) is 2.88. The quantitative estimate of drug-likeness (QED) is 0.490. The van der Waals surface area contributed by atoms with Crippen LogP contribution in [-0.4, -0.2) is 17.6 Å². The van der Waals surface area contributed by atoms with E-state index in [0.717, 1.165) is 16.7 Å². The van der Waals surface area contributed by atoms with Crippen LogP contribution in [0.3, 0.4) is 0 Å². The Morgan fingerprint density at radius 2 is 1.67 bits per heavy atom. The predicted molar refractivity (Wildman–Crippen MR) is 84.1 cm³/mol. The van der Waals surface area contributed by atoms with Gasteiger partial charge in [-0.05, 0) is 22.8 Å². The fourth-order valence-corrected chi connectivity index (χ4v) is 2.31. The maximum absolute atomic E-state index is 11.6. The Bertz CT molecular complexity index is 718. The van der Waals surface area contributed by atoms with Gasteiger partial charge in [0, 0.05) is 0 Å². The molecule has 0 bridgehead atoms. The molecule has 0 saturated heterocycles. The Hall–Kier alpha value is -2.39. The lowest BCUT2D eigenvalue weighted by atomic mass is 10.0. The molecule has 3 nitrogen and oxygen atoms in total. The minimum Gasteiger partial charge on any atom is -0.312 e. The van der Waals surface area contributed by atoms with Gasteiger partial charge >= 0.3 is 5.97 Å². The molecule has 104 valence electrons. The van der Waals surface area contributed by atoms with Crippen LogP contribution in [0.25, 0.3) is 17.2 Å². The normalized spacial score (nSPS) is 16.0. The van der Waals surface area contributed by atoms with Crippen LogP contribution in [0.2, 0.25) is 0 Å². The van der Waals surface area contributed by atoms with Gasteiger partial charge in [-0.3, -0.25) is 0 Å². The number of carbonyl (C=O) groups excluding carboxylic acids is 1. The van der Waals surface area contributed by atoms with Gasteiger partial charge in [0.25, 0.3) is 0 Å². The lowest BCUT2D eigenvalue weighted by molar-refractivity contribution is -0.136. The highest BCUT2D eigenvalue weighted by Crippen LogP contribution is 2.21. The smallest absolute Gasteiger partial charge is 0.312 e. The fraction of sp³-hybridized carbons (Fsp3) is 0.0588. The number of carbonyl (C=O) groups is 1. The number of hydrogen-bond acceptors (Lipinski definition) is 3. The molecule has 2 aromatic carbocycles. The zero-order chi connectivity index (χ0) is 14.7. The second-order valence-electron chi connectivity index (χ2n) is 4.60. The summed E-state index contributed by atoms with van der Waals surface area (Å²) < 4.78 is 0. The molecular formula is C17H12ClNO2. The highest BCUT2D eigenvalue weighted by molar-refractivity contribution is 6.38. The zero-order valence-corrected chi connectivity index (χ0v) is 11.9. The molecule has 1 aliphatic heterocycles.